The molecule has 2 rings (SSSR count). The summed E-state index contributed by atoms with van der Waals surface area (Å²) in [7, 11) is 0. The largest absolute Gasteiger partial charge is 0.478 e. The fourth-order valence-electron chi connectivity index (χ4n) is 1.58. The minimum atomic E-state index is -1.33. The molecule has 21 heavy (non-hydrogen) atoms. The third-order valence-corrected chi connectivity index (χ3v) is 3.70. The minimum Gasteiger partial charge on any atom is -0.478 e. The van der Waals surface area contributed by atoms with E-state index in [4.69, 9.17) is 5.11 Å². The van der Waals surface area contributed by atoms with Gasteiger partial charge in [0.25, 0.3) is 0 Å². The lowest BCUT2D eigenvalue weighted by Gasteiger charge is -2.08. The average Bonchev–Trinajstić information content (AvgIpc) is 2.70. The van der Waals surface area contributed by atoms with Crippen LogP contribution in [0.2, 0.25) is 0 Å². The number of carbonyl (C=O) groups excluding carboxylic acids is 1. The summed E-state index contributed by atoms with van der Waals surface area (Å²) in [6, 6.07) is 2.46. The van der Waals surface area contributed by atoms with E-state index in [0.717, 1.165) is 22.7 Å². The lowest BCUT2D eigenvalue weighted by Crippen LogP contribution is -2.21. The van der Waals surface area contributed by atoms with Crippen molar-refractivity contribution in [3.63, 3.8) is 0 Å². The quantitative estimate of drug-likeness (QED) is 0.811. The molecule has 0 atom stereocenters. The molecule has 1 heterocycles. The van der Waals surface area contributed by atoms with Crippen LogP contribution < -0.4 is 10.6 Å². The van der Waals surface area contributed by atoms with Crippen molar-refractivity contribution in [3.05, 3.63) is 40.2 Å². The van der Waals surface area contributed by atoms with E-state index in [2.05, 4.69) is 15.6 Å². The predicted octanol–water partition coefficient (Wildman–Crippen LogP) is 3.24. The zero-order valence-corrected chi connectivity index (χ0v) is 12.0. The second kappa shape index (κ2) is 5.88. The van der Waals surface area contributed by atoms with Crippen LogP contribution in [0, 0.1) is 19.7 Å². The van der Waals surface area contributed by atoms with E-state index < -0.39 is 17.8 Å². The summed E-state index contributed by atoms with van der Waals surface area (Å²) in [5.74, 6) is -2.02. The van der Waals surface area contributed by atoms with Crippen LogP contribution in [-0.2, 0) is 0 Å². The number of aryl methyl sites for hydroxylation is 2. The van der Waals surface area contributed by atoms with Crippen molar-refractivity contribution in [2.75, 3.05) is 10.6 Å². The molecule has 0 bridgehead atoms. The number of hydrogen-bond donors (Lipinski definition) is 3. The lowest BCUT2D eigenvalue weighted by molar-refractivity contribution is 0.0697. The number of carbonyl (C=O) groups is 2. The molecular weight excluding hydrogens is 297 g/mol. The molecule has 3 N–H and O–H groups in total. The Morgan fingerprint density at radius 1 is 1.29 bits per heavy atom. The van der Waals surface area contributed by atoms with Crippen LogP contribution >= 0.6 is 11.3 Å². The van der Waals surface area contributed by atoms with Gasteiger partial charge in [0.05, 0.1) is 16.9 Å². The highest BCUT2D eigenvalue weighted by Crippen LogP contribution is 2.22. The molecule has 8 heteroatoms. The molecule has 1 aromatic heterocycles. The Morgan fingerprint density at radius 2 is 2.00 bits per heavy atom. The second-order valence-electron chi connectivity index (χ2n) is 4.23. The molecule has 0 saturated heterocycles. The molecular formula is C13H12FN3O3S. The fraction of sp³-hybridized carbons (Fsp3) is 0.154. The molecule has 0 radical (unpaired) electrons. The number of urea groups is 1. The molecule has 0 aliphatic rings. The molecule has 0 aliphatic carbocycles. The SMILES string of the molecule is Cc1nc(NC(=O)Nc2ccc(F)cc2C(=O)O)sc1C. The van der Waals surface area contributed by atoms with E-state index in [0.29, 0.717) is 5.13 Å². The fourth-order valence-corrected chi connectivity index (χ4v) is 2.39. The van der Waals surface area contributed by atoms with Crippen LogP contribution in [0.5, 0.6) is 0 Å². The van der Waals surface area contributed by atoms with Crippen LogP contribution in [0.1, 0.15) is 20.9 Å². The highest BCUT2D eigenvalue weighted by molar-refractivity contribution is 7.15. The Labute approximate surface area is 123 Å². The number of rotatable bonds is 3. The topological polar surface area (TPSA) is 91.3 Å². The molecule has 1 aromatic carbocycles. The van der Waals surface area contributed by atoms with Crippen LogP contribution in [0.4, 0.5) is 20.0 Å². The number of aromatic nitrogens is 1. The molecule has 0 fully saturated rings. The molecule has 110 valence electrons. The first kappa shape index (κ1) is 14.9. The smallest absolute Gasteiger partial charge is 0.337 e. The first-order valence-electron chi connectivity index (χ1n) is 5.91. The van der Waals surface area contributed by atoms with Gasteiger partial charge >= 0.3 is 12.0 Å². The minimum absolute atomic E-state index is 0.00593. The standard InChI is InChI=1S/C13H12FN3O3S/c1-6-7(2)21-13(15-6)17-12(20)16-10-4-3-8(14)5-9(10)11(18)19/h3-5H,1-2H3,(H,18,19)(H2,15,16,17,20). The first-order valence-corrected chi connectivity index (χ1v) is 6.73. The number of anilines is 2. The van der Waals surface area contributed by atoms with Crippen molar-refractivity contribution in [2.24, 2.45) is 0 Å². The average molecular weight is 309 g/mol. The number of carboxylic acids is 1. The van der Waals surface area contributed by atoms with E-state index in [1.165, 1.54) is 17.4 Å². The van der Waals surface area contributed by atoms with Gasteiger partial charge in [-0.05, 0) is 32.0 Å². The van der Waals surface area contributed by atoms with E-state index in [9.17, 15) is 14.0 Å². The van der Waals surface area contributed by atoms with Gasteiger partial charge in [0.1, 0.15) is 5.82 Å². The van der Waals surface area contributed by atoms with Gasteiger partial charge in [0, 0.05) is 4.88 Å². The van der Waals surface area contributed by atoms with Crippen molar-refractivity contribution in [1.29, 1.82) is 0 Å². The van der Waals surface area contributed by atoms with Crippen molar-refractivity contribution in [3.8, 4) is 0 Å². The van der Waals surface area contributed by atoms with Gasteiger partial charge in [-0.2, -0.15) is 0 Å². The van der Waals surface area contributed by atoms with Crippen molar-refractivity contribution < 1.29 is 19.1 Å². The molecule has 0 spiro atoms. The monoisotopic (exact) mass is 309 g/mol. The van der Waals surface area contributed by atoms with E-state index in [1.807, 2.05) is 13.8 Å². The van der Waals surface area contributed by atoms with Gasteiger partial charge in [0.15, 0.2) is 5.13 Å². The molecule has 0 saturated carbocycles. The third-order valence-electron chi connectivity index (χ3n) is 2.71. The summed E-state index contributed by atoms with van der Waals surface area (Å²) in [5.41, 5.74) is 0.492. The molecule has 2 amide bonds. The summed E-state index contributed by atoms with van der Waals surface area (Å²) >= 11 is 1.31. The summed E-state index contributed by atoms with van der Waals surface area (Å²) in [4.78, 5) is 27.9. The number of thiazole rings is 1. The zero-order chi connectivity index (χ0) is 15.6. The summed E-state index contributed by atoms with van der Waals surface area (Å²) in [5, 5.41) is 14.3. The summed E-state index contributed by atoms with van der Waals surface area (Å²) in [6.45, 7) is 3.69. The maximum Gasteiger partial charge on any atom is 0.337 e. The predicted molar refractivity (Wildman–Crippen MR) is 77.6 cm³/mol. The Kier molecular flexibility index (Phi) is 4.18. The highest BCUT2D eigenvalue weighted by Gasteiger charge is 2.14. The van der Waals surface area contributed by atoms with E-state index in [-0.39, 0.29) is 11.3 Å². The van der Waals surface area contributed by atoms with Gasteiger partial charge in [-0.1, -0.05) is 0 Å². The van der Waals surface area contributed by atoms with Crippen LogP contribution in [-0.4, -0.2) is 22.1 Å². The first-order chi connectivity index (χ1) is 9.86. The Bertz CT molecular complexity index is 695. The number of amides is 2. The number of halogens is 1. The van der Waals surface area contributed by atoms with Gasteiger partial charge in [-0.3, -0.25) is 5.32 Å². The van der Waals surface area contributed by atoms with Crippen molar-refractivity contribution in [2.45, 2.75) is 13.8 Å². The van der Waals surface area contributed by atoms with Crippen LogP contribution in [0.3, 0.4) is 0 Å². The Hall–Kier alpha value is -2.48. The Morgan fingerprint density at radius 3 is 2.57 bits per heavy atom. The number of nitrogens with one attached hydrogen (secondary N) is 2. The van der Waals surface area contributed by atoms with E-state index in [1.54, 1.807) is 0 Å². The maximum atomic E-state index is 13.0. The van der Waals surface area contributed by atoms with Gasteiger partial charge < -0.3 is 10.4 Å². The molecule has 6 nitrogen and oxygen atoms in total. The third kappa shape index (κ3) is 3.54. The lowest BCUT2D eigenvalue weighted by atomic mass is 10.2. The van der Waals surface area contributed by atoms with Gasteiger partial charge in [-0.15, -0.1) is 11.3 Å². The molecule has 0 aliphatic heterocycles. The summed E-state index contributed by atoms with van der Waals surface area (Å²) in [6.07, 6.45) is 0. The Balaban J connectivity index is 2.14. The number of benzene rings is 1. The molecule has 2 aromatic rings. The number of aromatic carboxylic acids is 1. The van der Waals surface area contributed by atoms with Crippen LogP contribution in [0.15, 0.2) is 18.2 Å². The van der Waals surface area contributed by atoms with Crippen molar-refractivity contribution in [1.82, 2.24) is 4.98 Å². The zero-order valence-electron chi connectivity index (χ0n) is 11.2. The molecule has 0 unspecified atom stereocenters. The normalized spacial score (nSPS) is 10.2. The second-order valence-corrected chi connectivity index (χ2v) is 5.44. The van der Waals surface area contributed by atoms with Crippen LogP contribution in [0.25, 0.3) is 0 Å². The number of hydrogen-bond acceptors (Lipinski definition) is 4. The summed E-state index contributed by atoms with van der Waals surface area (Å²) < 4.78 is 13.0. The van der Waals surface area contributed by atoms with E-state index >= 15 is 0 Å². The highest BCUT2D eigenvalue weighted by atomic mass is 32.1. The maximum absolute atomic E-state index is 13.0. The van der Waals surface area contributed by atoms with Crippen molar-refractivity contribution >= 4 is 34.2 Å². The van der Waals surface area contributed by atoms with Gasteiger partial charge in [-0.25, -0.2) is 19.0 Å². The number of carboxylic acid groups (broad SMARTS) is 1. The number of nitrogens with zero attached hydrogens (tertiary/aromatic N) is 1. The van der Waals surface area contributed by atoms with Gasteiger partial charge in [0.2, 0.25) is 0 Å².